The fourth-order valence-corrected chi connectivity index (χ4v) is 3.47. The van der Waals surface area contributed by atoms with Gasteiger partial charge in [-0.1, -0.05) is 24.3 Å². The Labute approximate surface area is 149 Å². The molecule has 7 heteroatoms. The topological polar surface area (TPSA) is 62.1 Å². The highest BCUT2D eigenvalue weighted by Gasteiger charge is 2.51. The Balaban J connectivity index is 1.40. The molecule has 1 saturated carbocycles. The molecule has 0 radical (unpaired) electrons. The van der Waals surface area contributed by atoms with Crippen molar-refractivity contribution in [3.8, 4) is 0 Å². The number of aryl methyl sites for hydroxylation is 1. The molecule has 6 nitrogen and oxygen atoms in total. The lowest BCUT2D eigenvalue weighted by atomic mass is 9.70. The summed E-state index contributed by atoms with van der Waals surface area (Å²) in [5.74, 6) is 1.87. The second-order valence-corrected chi connectivity index (χ2v) is 8.26. The standard InChI is InChI=1S/C18H25BN4O2/c1-17(2)18(3,4)25-19(24-17)15-8-6-12(7-9-15)13-10-14(11-13)16-20-22-23(5)21-16/h6-9,13-14H,10-11H2,1-5H3. The molecule has 2 aliphatic rings. The Morgan fingerprint density at radius 3 is 2.12 bits per heavy atom. The van der Waals surface area contributed by atoms with Crippen LogP contribution in [0.4, 0.5) is 0 Å². The molecule has 4 rings (SSSR count). The summed E-state index contributed by atoms with van der Waals surface area (Å²) in [6.07, 6.45) is 2.17. The van der Waals surface area contributed by atoms with E-state index in [9.17, 15) is 0 Å². The van der Waals surface area contributed by atoms with E-state index in [2.05, 4.69) is 67.4 Å². The molecular weight excluding hydrogens is 315 g/mol. The van der Waals surface area contributed by atoms with Gasteiger partial charge in [0.05, 0.1) is 18.2 Å². The van der Waals surface area contributed by atoms with Crippen LogP contribution in [0.15, 0.2) is 24.3 Å². The number of tetrazole rings is 1. The monoisotopic (exact) mass is 340 g/mol. The van der Waals surface area contributed by atoms with Gasteiger partial charge in [-0.3, -0.25) is 0 Å². The van der Waals surface area contributed by atoms with Gasteiger partial charge >= 0.3 is 7.12 Å². The van der Waals surface area contributed by atoms with E-state index in [1.165, 1.54) is 10.4 Å². The third-order valence-electron chi connectivity index (χ3n) is 5.96. The molecule has 1 saturated heterocycles. The van der Waals surface area contributed by atoms with Crippen molar-refractivity contribution < 1.29 is 9.31 Å². The Hall–Kier alpha value is -1.73. The zero-order valence-corrected chi connectivity index (χ0v) is 15.6. The zero-order chi connectivity index (χ0) is 17.8. The van der Waals surface area contributed by atoms with Crippen LogP contribution in [0, 0.1) is 0 Å². The molecule has 2 aromatic rings. The number of nitrogens with zero attached hydrogens (tertiary/aromatic N) is 4. The lowest BCUT2D eigenvalue weighted by molar-refractivity contribution is 0.00578. The van der Waals surface area contributed by atoms with Crippen LogP contribution < -0.4 is 5.46 Å². The summed E-state index contributed by atoms with van der Waals surface area (Å²) in [5, 5.41) is 12.4. The van der Waals surface area contributed by atoms with Gasteiger partial charge in [-0.25, -0.2) is 0 Å². The smallest absolute Gasteiger partial charge is 0.399 e. The molecule has 2 heterocycles. The summed E-state index contributed by atoms with van der Waals surface area (Å²) in [4.78, 5) is 1.53. The van der Waals surface area contributed by atoms with Crippen LogP contribution in [-0.4, -0.2) is 38.5 Å². The molecule has 1 aromatic heterocycles. The molecule has 0 unspecified atom stereocenters. The first-order valence-electron chi connectivity index (χ1n) is 8.94. The van der Waals surface area contributed by atoms with E-state index in [4.69, 9.17) is 9.31 Å². The Morgan fingerprint density at radius 1 is 1.00 bits per heavy atom. The quantitative estimate of drug-likeness (QED) is 0.802. The minimum absolute atomic E-state index is 0.294. The molecular formula is C18H25BN4O2. The van der Waals surface area contributed by atoms with Gasteiger partial charge in [0, 0.05) is 5.92 Å². The molecule has 0 spiro atoms. The first-order chi connectivity index (χ1) is 11.7. The van der Waals surface area contributed by atoms with Crippen molar-refractivity contribution in [2.45, 2.75) is 63.6 Å². The average molecular weight is 340 g/mol. The summed E-state index contributed by atoms with van der Waals surface area (Å²) in [7, 11) is 1.51. The highest BCUT2D eigenvalue weighted by molar-refractivity contribution is 6.62. The Bertz CT molecular complexity index is 750. The van der Waals surface area contributed by atoms with Gasteiger partial charge in [-0.2, -0.15) is 4.80 Å². The van der Waals surface area contributed by atoms with E-state index in [1.807, 2.05) is 0 Å². The summed E-state index contributed by atoms with van der Waals surface area (Å²) >= 11 is 0. The van der Waals surface area contributed by atoms with Gasteiger partial charge in [0.15, 0.2) is 5.82 Å². The van der Waals surface area contributed by atoms with Crippen LogP contribution in [0.2, 0.25) is 0 Å². The van der Waals surface area contributed by atoms with Gasteiger partial charge in [0.2, 0.25) is 0 Å². The molecule has 132 valence electrons. The normalized spacial score (nSPS) is 27.3. The minimum atomic E-state index is -0.304. The van der Waals surface area contributed by atoms with Gasteiger partial charge < -0.3 is 9.31 Å². The van der Waals surface area contributed by atoms with Crippen molar-refractivity contribution in [1.29, 1.82) is 0 Å². The van der Waals surface area contributed by atoms with Crippen molar-refractivity contribution in [2.24, 2.45) is 7.05 Å². The van der Waals surface area contributed by atoms with Gasteiger partial charge in [0.25, 0.3) is 0 Å². The average Bonchev–Trinajstić information content (AvgIpc) is 2.99. The predicted molar refractivity (Wildman–Crippen MR) is 95.7 cm³/mol. The predicted octanol–water partition coefficient (Wildman–Crippen LogP) is 2.17. The first-order valence-corrected chi connectivity index (χ1v) is 8.94. The fraction of sp³-hybridized carbons (Fsp3) is 0.611. The largest absolute Gasteiger partial charge is 0.494 e. The first kappa shape index (κ1) is 16.7. The summed E-state index contributed by atoms with van der Waals surface area (Å²) in [5.41, 5.74) is 1.83. The molecule has 1 aromatic carbocycles. The van der Waals surface area contributed by atoms with Crippen molar-refractivity contribution in [3.63, 3.8) is 0 Å². The molecule has 2 fully saturated rings. The number of hydrogen-bond donors (Lipinski definition) is 0. The molecule has 1 aliphatic carbocycles. The van der Waals surface area contributed by atoms with E-state index in [0.717, 1.165) is 24.1 Å². The van der Waals surface area contributed by atoms with E-state index < -0.39 is 0 Å². The van der Waals surface area contributed by atoms with Crippen molar-refractivity contribution in [1.82, 2.24) is 20.2 Å². The van der Waals surface area contributed by atoms with Crippen LogP contribution in [-0.2, 0) is 16.4 Å². The van der Waals surface area contributed by atoms with Crippen LogP contribution in [0.5, 0.6) is 0 Å². The number of benzene rings is 1. The summed E-state index contributed by atoms with van der Waals surface area (Å²) in [6, 6.07) is 8.66. The lowest BCUT2D eigenvalue weighted by Crippen LogP contribution is -2.41. The molecule has 1 aliphatic heterocycles. The molecule has 0 bridgehead atoms. The summed E-state index contributed by atoms with van der Waals surface area (Å²) < 4.78 is 12.2. The van der Waals surface area contributed by atoms with Crippen LogP contribution >= 0.6 is 0 Å². The van der Waals surface area contributed by atoms with Crippen molar-refractivity contribution >= 4 is 12.6 Å². The van der Waals surface area contributed by atoms with E-state index in [-0.39, 0.29) is 18.3 Å². The van der Waals surface area contributed by atoms with Crippen LogP contribution in [0.25, 0.3) is 0 Å². The second-order valence-electron chi connectivity index (χ2n) is 8.26. The number of aromatic nitrogens is 4. The van der Waals surface area contributed by atoms with Crippen molar-refractivity contribution in [2.75, 3.05) is 0 Å². The third kappa shape index (κ3) is 2.89. The SMILES string of the molecule is Cn1nnc(C2CC(c3ccc(B4OC(C)(C)C(C)(C)O4)cc3)C2)n1. The number of hydrogen-bond acceptors (Lipinski definition) is 5. The zero-order valence-electron chi connectivity index (χ0n) is 15.6. The maximum absolute atomic E-state index is 6.12. The highest BCUT2D eigenvalue weighted by atomic mass is 16.7. The maximum Gasteiger partial charge on any atom is 0.494 e. The molecule has 0 N–H and O–H groups in total. The van der Waals surface area contributed by atoms with Crippen LogP contribution in [0.3, 0.4) is 0 Å². The lowest BCUT2D eigenvalue weighted by Gasteiger charge is -2.33. The highest BCUT2D eigenvalue weighted by Crippen LogP contribution is 2.46. The third-order valence-corrected chi connectivity index (χ3v) is 5.96. The van der Waals surface area contributed by atoms with Gasteiger partial charge in [0.1, 0.15) is 0 Å². The van der Waals surface area contributed by atoms with Crippen LogP contribution in [0.1, 0.15) is 63.8 Å². The molecule has 25 heavy (non-hydrogen) atoms. The Kier molecular flexibility index (Phi) is 3.77. The van der Waals surface area contributed by atoms with E-state index in [1.54, 1.807) is 7.05 Å². The molecule has 0 atom stereocenters. The van der Waals surface area contributed by atoms with E-state index >= 15 is 0 Å². The second kappa shape index (κ2) is 5.64. The molecule has 0 amide bonds. The number of rotatable bonds is 3. The Morgan fingerprint density at radius 2 is 1.60 bits per heavy atom. The fourth-order valence-electron chi connectivity index (χ4n) is 3.47. The van der Waals surface area contributed by atoms with Gasteiger partial charge in [-0.05, 0) is 62.7 Å². The summed E-state index contributed by atoms with van der Waals surface area (Å²) in [6.45, 7) is 8.32. The maximum atomic E-state index is 6.12. The van der Waals surface area contributed by atoms with Gasteiger partial charge in [-0.15, -0.1) is 10.2 Å². The minimum Gasteiger partial charge on any atom is -0.399 e. The van der Waals surface area contributed by atoms with Crippen molar-refractivity contribution in [3.05, 3.63) is 35.7 Å². The van der Waals surface area contributed by atoms with E-state index in [0.29, 0.717) is 11.8 Å².